The highest BCUT2D eigenvalue weighted by molar-refractivity contribution is 7.08. The number of carbonyl (C=O) groups is 1. The Morgan fingerprint density at radius 2 is 1.68 bits per heavy atom. The van der Waals surface area contributed by atoms with Crippen LogP contribution in [0.4, 0.5) is 5.69 Å². The summed E-state index contributed by atoms with van der Waals surface area (Å²) in [6, 6.07) is 14.5. The molecule has 4 rings (SSSR count). The van der Waals surface area contributed by atoms with Gasteiger partial charge < -0.3 is 9.80 Å². The third kappa shape index (κ3) is 3.52. The van der Waals surface area contributed by atoms with E-state index in [0.29, 0.717) is 23.7 Å². The number of piperazine rings is 1. The smallest absolute Gasteiger partial charge is 0.268 e. The molecule has 6 heteroatoms. The zero-order chi connectivity index (χ0) is 19.7. The average Bonchev–Trinajstić information content (AvgIpc) is 3.20. The van der Waals surface area contributed by atoms with Crippen molar-refractivity contribution >= 4 is 23.1 Å². The third-order valence-corrected chi connectivity index (χ3v) is 6.20. The molecule has 0 spiro atoms. The van der Waals surface area contributed by atoms with Crippen LogP contribution in [-0.4, -0.2) is 46.6 Å². The summed E-state index contributed by atoms with van der Waals surface area (Å²) in [5.41, 5.74) is 6.70. The number of rotatable bonds is 3. The monoisotopic (exact) mass is 392 g/mol. The van der Waals surface area contributed by atoms with Crippen LogP contribution in [0.2, 0.25) is 0 Å². The van der Waals surface area contributed by atoms with Crippen molar-refractivity contribution < 1.29 is 4.79 Å². The van der Waals surface area contributed by atoms with E-state index in [-0.39, 0.29) is 5.91 Å². The summed E-state index contributed by atoms with van der Waals surface area (Å²) in [4.78, 5) is 18.1. The van der Waals surface area contributed by atoms with Crippen LogP contribution in [0.15, 0.2) is 42.5 Å². The Balaban J connectivity index is 1.49. The standard InChI is InChI=1S/C22H24N4OS/c1-15-7-9-18(10-8-15)20-21(28-24-23-20)22(27)26-13-11-25(12-14-26)19-6-4-5-16(2)17(19)3/h4-10H,11-14H2,1-3H3. The molecular formula is C22H24N4OS. The van der Waals surface area contributed by atoms with Gasteiger partial charge in [-0.25, -0.2) is 0 Å². The molecule has 3 aromatic rings. The Labute approximate surface area is 169 Å². The van der Waals surface area contributed by atoms with Gasteiger partial charge in [0.25, 0.3) is 5.91 Å². The molecule has 0 atom stereocenters. The molecule has 1 saturated heterocycles. The summed E-state index contributed by atoms with van der Waals surface area (Å²) in [5, 5.41) is 4.23. The number of hydrogen-bond acceptors (Lipinski definition) is 5. The van der Waals surface area contributed by atoms with Gasteiger partial charge in [0.1, 0.15) is 10.6 Å². The van der Waals surface area contributed by atoms with E-state index in [1.54, 1.807) is 0 Å². The van der Waals surface area contributed by atoms with Crippen LogP contribution >= 0.6 is 11.5 Å². The number of aromatic nitrogens is 2. The summed E-state index contributed by atoms with van der Waals surface area (Å²) in [6.07, 6.45) is 0. The molecule has 0 aliphatic carbocycles. The molecule has 0 saturated carbocycles. The molecule has 1 amide bonds. The molecule has 1 fully saturated rings. The molecule has 1 aliphatic rings. The van der Waals surface area contributed by atoms with E-state index in [9.17, 15) is 4.79 Å². The number of hydrogen-bond donors (Lipinski definition) is 0. The number of nitrogens with zero attached hydrogens (tertiary/aromatic N) is 4. The zero-order valence-electron chi connectivity index (χ0n) is 16.5. The van der Waals surface area contributed by atoms with Crippen molar-refractivity contribution in [2.75, 3.05) is 31.1 Å². The van der Waals surface area contributed by atoms with Crippen molar-refractivity contribution in [1.29, 1.82) is 0 Å². The second-order valence-electron chi connectivity index (χ2n) is 7.31. The predicted octanol–water partition coefficient (Wildman–Crippen LogP) is 4.09. The van der Waals surface area contributed by atoms with E-state index in [4.69, 9.17) is 0 Å². The Morgan fingerprint density at radius 3 is 2.39 bits per heavy atom. The molecule has 0 N–H and O–H groups in total. The van der Waals surface area contributed by atoms with Crippen LogP contribution in [0.25, 0.3) is 11.3 Å². The van der Waals surface area contributed by atoms with Crippen molar-refractivity contribution in [2.24, 2.45) is 0 Å². The van der Waals surface area contributed by atoms with Crippen molar-refractivity contribution in [3.63, 3.8) is 0 Å². The Bertz CT molecular complexity index is 988. The van der Waals surface area contributed by atoms with Crippen LogP contribution in [0, 0.1) is 20.8 Å². The Morgan fingerprint density at radius 1 is 0.964 bits per heavy atom. The van der Waals surface area contributed by atoms with Gasteiger partial charge in [0, 0.05) is 37.4 Å². The number of carbonyl (C=O) groups excluding carboxylic acids is 1. The van der Waals surface area contributed by atoms with Gasteiger partial charge in [-0.05, 0) is 49.5 Å². The van der Waals surface area contributed by atoms with E-state index in [0.717, 1.165) is 18.7 Å². The molecule has 144 valence electrons. The first-order valence-electron chi connectivity index (χ1n) is 9.54. The van der Waals surface area contributed by atoms with E-state index in [1.807, 2.05) is 36.1 Å². The summed E-state index contributed by atoms with van der Waals surface area (Å²) in [6.45, 7) is 9.44. The van der Waals surface area contributed by atoms with Gasteiger partial charge in [0.15, 0.2) is 0 Å². The van der Waals surface area contributed by atoms with Crippen LogP contribution < -0.4 is 4.90 Å². The first-order valence-corrected chi connectivity index (χ1v) is 10.3. The summed E-state index contributed by atoms with van der Waals surface area (Å²) in [7, 11) is 0. The molecule has 0 unspecified atom stereocenters. The topological polar surface area (TPSA) is 49.3 Å². The number of benzene rings is 2. The van der Waals surface area contributed by atoms with Crippen molar-refractivity contribution in [1.82, 2.24) is 14.5 Å². The van der Waals surface area contributed by atoms with Gasteiger partial charge in [-0.2, -0.15) is 0 Å². The fourth-order valence-electron chi connectivity index (χ4n) is 3.60. The predicted molar refractivity (Wildman–Crippen MR) is 114 cm³/mol. The Kier molecular flexibility index (Phi) is 5.13. The molecule has 1 aliphatic heterocycles. The highest BCUT2D eigenvalue weighted by Gasteiger charge is 2.27. The molecule has 0 bridgehead atoms. The summed E-state index contributed by atoms with van der Waals surface area (Å²) in [5.74, 6) is 0.0335. The van der Waals surface area contributed by atoms with E-state index in [1.165, 1.54) is 33.9 Å². The quantitative estimate of drug-likeness (QED) is 0.674. The maximum atomic E-state index is 13.1. The molecule has 2 aromatic carbocycles. The highest BCUT2D eigenvalue weighted by Crippen LogP contribution is 2.27. The fraction of sp³-hybridized carbons (Fsp3) is 0.318. The van der Waals surface area contributed by atoms with Crippen molar-refractivity contribution in [3.05, 3.63) is 64.0 Å². The van der Waals surface area contributed by atoms with Crippen molar-refractivity contribution in [2.45, 2.75) is 20.8 Å². The molecule has 2 heterocycles. The lowest BCUT2D eigenvalue weighted by Gasteiger charge is -2.36. The number of anilines is 1. The molecule has 1 aromatic heterocycles. The second-order valence-corrected chi connectivity index (χ2v) is 8.07. The minimum atomic E-state index is 0.0335. The minimum Gasteiger partial charge on any atom is -0.368 e. The molecule has 28 heavy (non-hydrogen) atoms. The third-order valence-electron chi connectivity index (χ3n) is 5.49. The van der Waals surface area contributed by atoms with Gasteiger partial charge in [-0.15, -0.1) is 5.10 Å². The average molecular weight is 393 g/mol. The largest absolute Gasteiger partial charge is 0.368 e. The molecular weight excluding hydrogens is 368 g/mol. The first kappa shape index (κ1) is 18.6. The van der Waals surface area contributed by atoms with E-state index >= 15 is 0 Å². The minimum absolute atomic E-state index is 0.0335. The van der Waals surface area contributed by atoms with Crippen LogP contribution in [0.1, 0.15) is 26.4 Å². The van der Waals surface area contributed by atoms with E-state index < -0.39 is 0 Å². The highest BCUT2D eigenvalue weighted by atomic mass is 32.1. The lowest BCUT2D eigenvalue weighted by Crippen LogP contribution is -2.49. The molecule has 5 nitrogen and oxygen atoms in total. The Hall–Kier alpha value is -2.73. The maximum absolute atomic E-state index is 13.1. The normalized spacial score (nSPS) is 14.4. The first-order chi connectivity index (χ1) is 13.5. The van der Waals surface area contributed by atoms with Crippen LogP contribution in [0.5, 0.6) is 0 Å². The van der Waals surface area contributed by atoms with Crippen molar-refractivity contribution in [3.8, 4) is 11.3 Å². The van der Waals surface area contributed by atoms with Gasteiger partial charge in [0.2, 0.25) is 0 Å². The summed E-state index contributed by atoms with van der Waals surface area (Å²) < 4.78 is 4.05. The lowest BCUT2D eigenvalue weighted by molar-refractivity contribution is 0.0752. The SMILES string of the molecule is Cc1ccc(-c2nnsc2C(=O)N2CCN(c3cccc(C)c3C)CC2)cc1. The van der Waals surface area contributed by atoms with Gasteiger partial charge in [0.05, 0.1) is 0 Å². The second kappa shape index (κ2) is 7.72. The zero-order valence-corrected chi connectivity index (χ0v) is 17.3. The van der Waals surface area contributed by atoms with Gasteiger partial charge in [-0.3, -0.25) is 4.79 Å². The fourth-order valence-corrected chi connectivity index (χ4v) is 4.26. The number of aryl methyl sites for hydroxylation is 2. The van der Waals surface area contributed by atoms with Gasteiger partial charge >= 0.3 is 0 Å². The van der Waals surface area contributed by atoms with E-state index in [2.05, 4.69) is 46.5 Å². The lowest BCUT2D eigenvalue weighted by atomic mass is 10.1. The van der Waals surface area contributed by atoms with Crippen LogP contribution in [0.3, 0.4) is 0 Å². The maximum Gasteiger partial charge on any atom is 0.268 e. The molecule has 0 radical (unpaired) electrons. The number of amides is 1. The van der Waals surface area contributed by atoms with Gasteiger partial charge in [-0.1, -0.05) is 46.4 Å². The van der Waals surface area contributed by atoms with Crippen LogP contribution in [-0.2, 0) is 0 Å². The summed E-state index contributed by atoms with van der Waals surface area (Å²) >= 11 is 1.19.